The van der Waals surface area contributed by atoms with Gasteiger partial charge >= 0.3 is 5.97 Å². The summed E-state index contributed by atoms with van der Waals surface area (Å²) in [6.07, 6.45) is -0.211. The molecule has 7 heteroatoms. The molecule has 1 atom stereocenters. The molecule has 4 rings (SSSR count). The van der Waals surface area contributed by atoms with E-state index in [9.17, 15) is 14.4 Å². The number of fused-ring (bicyclic) bond motifs is 2. The molecule has 2 aromatic carbocycles. The predicted molar refractivity (Wildman–Crippen MR) is 114 cm³/mol. The summed E-state index contributed by atoms with van der Waals surface area (Å²) in [5.41, 5.74) is 1.71. The third-order valence-electron chi connectivity index (χ3n) is 5.30. The van der Waals surface area contributed by atoms with Crippen molar-refractivity contribution in [1.82, 2.24) is 9.78 Å². The van der Waals surface area contributed by atoms with Crippen LogP contribution in [0.3, 0.4) is 0 Å². The quantitative estimate of drug-likeness (QED) is 0.623. The second-order valence-corrected chi connectivity index (χ2v) is 7.65. The summed E-state index contributed by atoms with van der Waals surface area (Å²) in [6, 6.07) is 14.3. The fourth-order valence-corrected chi connectivity index (χ4v) is 3.76. The molecule has 0 aliphatic carbocycles. The standard InChI is InChI=1S/C23H23N3O4/c1-14(2)26-22(28)18-10-6-5-9-17(18)20(24-26)23(29)30-15(3)21(27)25-13-12-16-8-4-7-11-19(16)25/h4-11,14-15H,12-13H2,1-3H3/t15-/m0/s1. The number of amides is 1. The largest absolute Gasteiger partial charge is 0.448 e. The monoisotopic (exact) mass is 405 g/mol. The highest BCUT2D eigenvalue weighted by molar-refractivity contribution is 6.04. The van der Waals surface area contributed by atoms with Crippen LogP contribution >= 0.6 is 0 Å². The Morgan fingerprint density at radius 3 is 2.40 bits per heavy atom. The summed E-state index contributed by atoms with van der Waals surface area (Å²) in [7, 11) is 0. The van der Waals surface area contributed by atoms with Crippen molar-refractivity contribution >= 4 is 28.3 Å². The van der Waals surface area contributed by atoms with Crippen LogP contribution in [-0.4, -0.2) is 34.3 Å². The van der Waals surface area contributed by atoms with Gasteiger partial charge in [-0.3, -0.25) is 9.59 Å². The van der Waals surface area contributed by atoms with E-state index in [1.807, 2.05) is 38.1 Å². The van der Waals surface area contributed by atoms with Crippen LogP contribution in [0, 0.1) is 0 Å². The van der Waals surface area contributed by atoms with E-state index in [-0.39, 0.29) is 23.2 Å². The van der Waals surface area contributed by atoms with Crippen molar-refractivity contribution in [2.24, 2.45) is 0 Å². The number of ether oxygens (including phenoxy) is 1. The third-order valence-corrected chi connectivity index (χ3v) is 5.30. The Bertz CT molecular complexity index is 1200. The van der Waals surface area contributed by atoms with Gasteiger partial charge in [0.2, 0.25) is 0 Å². The first-order valence-corrected chi connectivity index (χ1v) is 10.0. The number of esters is 1. The van der Waals surface area contributed by atoms with E-state index in [0.717, 1.165) is 17.7 Å². The molecule has 0 saturated carbocycles. The van der Waals surface area contributed by atoms with Gasteiger partial charge in [0, 0.05) is 17.6 Å². The summed E-state index contributed by atoms with van der Waals surface area (Å²) in [4.78, 5) is 40.2. The number of hydrogen-bond donors (Lipinski definition) is 0. The Balaban J connectivity index is 1.63. The first-order chi connectivity index (χ1) is 14.4. The lowest BCUT2D eigenvalue weighted by atomic mass is 10.1. The minimum Gasteiger partial charge on any atom is -0.448 e. The Labute approximate surface area is 173 Å². The zero-order valence-electron chi connectivity index (χ0n) is 17.2. The molecule has 7 nitrogen and oxygen atoms in total. The van der Waals surface area contributed by atoms with Crippen molar-refractivity contribution < 1.29 is 14.3 Å². The van der Waals surface area contributed by atoms with Crippen LogP contribution in [0.2, 0.25) is 0 Å². The summed E-state index contributed by atoms with van der Waals surface area (Å²) in [5, 5.41) is 5.05. The molecule has 154 valence electrons. The molecular formula is C23H23N3O4. The van der Waals surface area contributed by atoms with Crippen LogP contribution in [0.1, 0.15) is 42.9 Å². The van der Waals surface area contributed by atoms with Gasteiger partial charge in [-0.15, -0.1) is 0 Å². The van der Waals surface area contributed by atoms with Crippen LogP contribution < -0.4 is 10.5 Å². The molecule has 0 N–H and O–H groups in total. The smallest absolute Gasteiger partial charge is 0.360 e. The number of benzene rings is 2. The second kappa shape index (κ2) is 7.74. The average molecular weight is 405 g/mol. The van der Waals surface area contributed by atoms with Crippen molar-refractivity contribution in [1.29, 1.82) is 0 Å². The predicted octanol–water partition coefficient (Wildman–Crippen LogP) is 3.11. The number of carbonyl (C=O) groups excluding carboxylic acids is 2. The van der Waals surface area contributed by atoms with Crippen LogP contribution in [0.4, 0.5) is 5.69 Å². The lowest BCUT2D eigenvalue weighted by Crippen LogP contribution is -2.39. The van der Waals surface area contributed by atoms with Gasteiger partial charge in [0.25, 0.3) is 11.5 Å². The maximum absolute atomic E-state index is 12.9. The summed E-state index contributed by atoms with van der Waals surface area (Å²) >= 11 is 0. The molecule has 1 aliphatic rings. The van der Waals surface area contributed by atoms with Crippen molar-refractivity contribution in [2.45, 2.75) is 39.3 Å². The summed E-state index contributed by atoms with van der Waals surface area (Å²) in [6.45, 7) is 5.74. The number of para-hydroxylation sites is 1. The fraction of sp³-hybridized carbons (Fsp3) is 0.304. The minimum absolute atomic E-state index is 0.0281. The molecule has 0 unspecified atom stereocenters. The van der Waals surface area contributed by atoms with E-state index in [0.29, 0.717) is 17.3 Å². The van der Waals surface area contributed by atoms with Gasteiger partial charge in [0.15, 0.2) is 11.8 Å². The zero-order valence-corrected chi connectivity index (χ0v) is 17.2. The Morgan fingerprint density at radius 2 is 1.67 bits per heavy atom. The fourth-order valence-electron chi connectivity index (χ4n) is 3.76. The molecule has 0 radical (unpaired) electrons. The van der Waals surface area contributed by atoms with Crippen molar-refractivity contribution in [3.05, 3.63) is 70.1 Å². The van der Waals surface area contributed by atoms with Gasteiger partial charge in [-0.2, -0.15) is 5.10 Å². The average Bonchev–Trinajstić information content (AvgIpc) is 3.17. The summed E-state index contributed by atoms with van der Waals surface area (Å²) < 4.78 is 6.77. The van der Waals surface area contributed by atoms with Gasteiger partial charge in [-0.1, -0.05) is 36.4 Å². The van der Waals surface area contributed by atoms with Crippen LogP contribution in [0.15, 0.2) is 53.3 Å². The lowest BCUT2D eigenvalue weighted by Gasteiger charge is -2.22. The second-order valence-electron chi connectivity index (χ2n) is 7.65. The first kappa shape index (κ1) is 19.8. The number of nitrogens with zero attached hydrogens (tertiary/aromatic N) is 3. The van der Waals surface area contributed by atoms with E-state index in [2.05, 4.69) is 5.10 Å². The number of rotatable bonds is 4. The minimum atomic E-state index is -0.983. The molecule has 0 bridgehead atoms. The molecule has 1 amide bonds. The number of aromatic nitrogens is 2. The molecule has 1 aliphatic heterocycles. The number of hydrogen-bond acceptors (Lipinski definition) is 5. The van der Waals surface area contributed by atoms with E-state index in [1.165, 1.54) is 4.68 Å². The highest BCUT2D eigenvalue weighted by Crippen LogP contribution is 2.28. The molecule has 0 fully saturated rings. The normalized spacial score (nSPS) is 14.1. The SMILES string of the molecule is CC(C)n1nc(C(=O)O[C@@H](C)C(=O)N2CCc3ccccc32)c2ccccc2c1=O. The Kier molecular flexibility index (Phi) is 5.11. The van der Waals surface area contributed by atoms with Gasteiger partial charge in [0.1, 0.15) is 0 Å². The summed E-state index contributed by atoms with van der Waals surface area (Å²) in [5.74, 6) is -1.01. The van der Waals surface area contributed by atoms with E-state index >= 15 is 0 Å². The highest BCUT2D eigenvalue weighted by Gasteiger charge is 2.31. The maximum atomic E-state index is 12.9. The molecule has 1 aromatic heterocycles. The van der Waals surface area contributed by atoms with Crippen molar-refractivity contribution in [2.75, 3.05) is 11.4 Å². The third kappa shape index (κ3) is 3.36. The van der Waals surface area contributed by atoms with Crippen LogP contribution in [-0.2, 0) is 16.0 Å². The lowest BCUT2D eigenvalue weighted by molar-refractivity contribution is -0.126. The van der Waals surface area contributed by atoms with E-state index < -0.39 is 12.1 Å². The molecule has 0 saturated heterocycles. The van der Waals surface area contributed by atoms with Crippen molar-refractivity contribution in [3.63, 3.8) is 0 Å². The molecular weight excluding hydrogens is 382 g/mol. The maximum Gasteiger partial charge on any atom is 0.360 e. The van der Waals surface area contributed by atoms with Crippen LogP contribution in [0.5, 0.6) is 0 Å². The van der Waals surface area contributed by atoms with Crippen molar-refractivity contribution in [3.8, 4) is 0 Å². The van der Waals surface area contributed by atoms with Gasteiger partial charge in [-0.25, -0.2) is 9.48 Å². The Morgan fingerprint density at radius 1 is 1.00 bits per heavy atom. The Hall–Kier alpha value is -3.48. The number of carbonyl (C=O) groups is 2. The van der Waals surface area contributed by atoms with Gasteiger partial charge in [0.05, 0.1) is 11.4 Å². The van der Waals surface area contributed by atoms with Gasteiger partial charge in [-0.05, 0) is 44.9 Å². The van der Waals surface area contributed by atoms with E-state index in [1.54, 1.807) is 36.1 Å². The van der Waals surface area contributed by atoms with Gasteiger partial charge < -0.3 is 9.64 Å². The van der Waals surface area contributed by atoms with E-state index in [4.69, 9.17) is 4.74 Å². The zero-order chi connectivity index (χ0) is 21.4. The first-order valence-electron chi connectivity index (χ1n) is 10.0. The highest BCUT2D eigenvalue weighted by atomic mass is 16.5. The topological polar surface area (TPSA) is 81.5 Å². The molecule has 2 heterocycles. The number of anilines is 1. The van der Waals surface area contributed by atoms with Crippen LogP contribution in [0.25, 0.3) is 10.8 Å². The molecule has 30 heavy (non-hydrogen) atoms. The molecule has 0 spiro atoms. The molecule has 3 aromatic rings.